The lowest BCUT2D eigenvalue weighted by molar-refractivity contribution is 0.174. The predicted molar refractivity (Wildman–Crippen MR) is 82.8 cm³/mol. The SMILES string of the molecule is Cc1cc(Cl)c(NCc2cc3c(cc2O)OCO3)cc1Cl. The summed E-state index contributed by atoms with van der Waals surface area (Å²) in [5.74, 6) is 1.31. The minimum Gasteiger partial charge on any atom is -0.507 e. The van der Waals surface area contributed by atoms with E-state index in [1.54, 1.807) is 24.3 Å². The Morgan fingerprint density at radius 3 is 2.57 bits per heavy atom. The van der Waals surface area contributed by atoms with E-state index in [-0.39, 0.29) is 12.5 Å². The monoisotopic (exact) mass is 325 g/mol. The second-order valence-electron chi connectivity index (χ2n) is 4.77. The molecule has 0 amide bonds. The van der Waals surface area contributed by atoms with Crippen molar-refractivity contribution in [2.24, 2.45) is 0 Å². The van der Waals surface area contributed by atoms with E-state index >= 15 is 0 Å². The van der Waals surface area contributed by atoms with Crippen LogP contribution in [0.25, 0.3) is 0 Å². The molecule has 3 rings (SSSR count). The zero-order valence-electron chi connectivity index (χ0n) is 11.2. The minimum absolute atomic E-state index is 0.140. The number of phenols is 1. The molecule has 0 radical (unpaired) electrons. The summed E-state index contributed by atoms with van der Waals surface area (Å²) in [4.78, 5) is 0. The number of aromatic hydroxyl groups is 1. The van der Waals surface area contributed by atoms with Gasteiger partial charge in [-0.3, -0.25) is 0 Å². The number of phenolic OH excluding ortho intramolecular Hbond substituents is 1. The lowest BCUT2D eigenvalue weighted by Crippen LogP contribution is -2.01. The van der Waals surface area contributed by atoms with Gasteiger partial charge in [0.1, 0.15) is 5.75 Å². The summed E-state index contributed by atoms with van der Waals surface area (Å²) in [6.07, 6.45) is 0. The number of hydrogen-bond donors (Lipinski definition) is 2. The van der Waals surface area contributed by atoms with Gasteiger partial charge in [-0.05, 0) is 30.7 Å². The quantitative estimate of drug-likeness (QED) is 0.880. The predicted octanol–water partition coefficient (Wildman–Crippen LogP) is 4.35. The zero-order chi connectivity index (χ0) is 15.0. The summed E-state index contributed by atoms with van der Waals surface area (Å²) < 4.78 is 10.5. The molecular weight excluding hydrogens is 313 g/mol. The molecule has 21 heavy (non-hydrogen) atoms. The highest BCUT2D eigenvalue weighted by Gasteiger charge is 2.17. The van der Waals surface area contributed by atoms with Gasteiger partial charge in [0.05, 0.1) is 10.7 Å². The highest BCUT2D eigenvalue weighted by atomic mass is 35.5. The molecule has 0 unspecified atom stereocenters. The van der Waals surface area contributed by atoms with Crippen LogP contribution in [0.5, 0.6) is 17.2 Å². The molecule has 0 saturated heterocycles. The number of halogens is 2. The van der Waals surface area contributed by atoms with E-state index in [2.05, 4.69) is 5.32 Å². The Morgan fingerprint density at radius 1 is 1.10 bits per heavy atom. The molecule has 1 heterocycles. The van der Waals surface area contributed by atoms with Crippen molar-refractivity contribution >= 4 is 28.9 Å². The fraction of sp³-hybridized carbons (Fsp3) is 0.200. The van der Waals surface area contributed by atoms with Gasteiger partial charge in [0.15, 0.2) is 11.5 Å². The molecule has 2 aromatic carbocycles. The molecule has 110 valence electrons. The van der Waals surface area contributed by atoms with E-state index in [0.717, 1.165) is 5.56 Å². The third-order valence-electron chi connectivity index (χ3n) is 3.29. The maximum Gasteiger partial charge on any atom is 0.231 e. The topological polar surface area (TPSA) is 50.7 Å². The van der Waals surface area contributed by atoms with Crippen LogP contribution < -0.4 is 14.8 Å². The van der Waals surface area contributed by atoms with Gasteiger partial charge < -0.3 is 19.9 Å². The van der Waals surface area contributed by atoms with E-state index in [0.29, 0.717) is 39.3 Å². The van der Waals surface area contributed by atoms with Crippen molar-refractivity contribution in [2.75, 3.05) is 12.1 Å². The molecule has 1 aliphatic heterocycles. The fourth-order valence-corrected chi connectivity index (χ4v) is 2.54. The third kappa shape index (κ3) is 2.82. The first-order chi connectivity index (χ1) is 10.0. The van der Waals surface area contributed by atoms with E-state index in [1.807, 2.05) is 6.92 Å². The van der Waals surface area contributed by atoms with Gasteiger partial charge in [0, 0.05) is 23.2 Å². The van der Waals surface area contributed by atoms with Crippen molar-refractivity contribution < 1.29 is 14.6 Å². The number of hydrogen-bond acceptors (Lipinski definition) is 4. The van der Waals surface area contributed by atoms with Gasteiger partial charge >= 0.3 is 0 Å². The van der Waals surface area contributed by atoms with Gasteiger partial charge in [-0.2, -0.15) is 0 Å². The van der Waals surface area contributed by atoms with Crippen molar-refractivity contribution in [2.45, 2.75) is 13.5 Å². The number of anilines is 1. The molecule has 6 heteroatoms. The molecule has 1 aliphatic rings. The Balaban J connectivity index is 1.81. The van der Waals surface area contributed by atoms with Crippen LogP contribution in [0.2, 0.25) is 10.0 Å². The van der Waals surface area contributed by atoms with E-state index in [1.165, 1.54) is 0 Å². The summed E-state index contributed by atoms with van der Waals surface area (Å²) in [6.45, 7) is 2.45. The summed E-state index contributed by atoms with van der Waals surface area (Å²) in [5, 5.41) is 14.4. The summed E-state index contributed by atoms with van der Waals surface area (Å²) in [5.41, 5.74) is 2.31. The van der Waals surface area contributed by atoms with Crippen LogP contribution in [-0.2, 0) is 6.54 Å². The zero-order valence-corrected chi connectivity index (χ0v) is 12.8. The second-order valence-corrected chi connectivity index (χ2v) is 5.58. The third-order valence-corrected chi connectivity index (χ3v) is 4.01. The van der Waals surface area contributed by atoms with Crippen molar-refractivity contribution in [1.82, 2.24) is 0 Å². The number of ether oxygens (including phenoxy) is 2. The normalized spacial score (nSPS) is 12.5. The molecule has 0 fully saturated rings. The van der Waals surface area contributed by atoms with Crippen LogP contribution in [0.15, 0.2) is 24.3 Å². The Labute approximate surface area is 132 Å². The smallest absolute Gasteiger partial charge is 0.231 e. The standard InChI is InChI=1S/C15H13Cl2NO3/c1-8-2-11(17)12(4-10(8)16)18-6-9-3-14-15(5-13(9)19)21-7-20-14/h2-5,18-19H,6-7H2,1H3. The molecule has 4 nitrogen and oxygen atoms in total. The number of benzene rings is 2. The first kappa shape index (κ1) is 14.2. The van der Waals surface area contributed by atoms with Gasteiger partial charge in [-0.15, -0.1) is 0 Å². The van der Waals surface area contributed by atoms with Crippen molar-refractivity contribution in [1.29, 1.82) is 0 Å². The fourth-order valence-electron chi connectivity index (χ4n) is 2.09. The number of aryl methyl sites for hydroxylation is 1. The van der Waals surface area contributed by atoms with E-state index in [9.17, 15) is 5.11 Å². The Bertz CT molecular complexity index is 704. The van der Waals surface area contributed by atoms with Crippen LogP contribution in [0.3, 0.4) is 0 Å². The molecule has 2 aromatic rings. The van der Waals surface area contributed by atoms with Gasteiger partial charge in [-0.1, -0.05) is 23.2 Å². The van der Waals surface area contributed by atoms with Crippen LogP contribution in [0, 0.1) is 6.92 Å². The van der Waals surface area contributed by atoms with Gasteiger partial charge in [0.2, 0.25) is 6.79 Å². The summed E-state index contributed by atoms with van der Waals surface area (Å²) in [7, 11) is 0. The number of nitrogens with one attached hydrogen (secondary N) is 1. The molecule has 0 saturated carbocycles. The highest BCUT2D eigenvalue weighted by molar-refractivity contribution is 6.35. The van der Waals surface area contributed by atoms with Crippen molar-refractivity contribution in [3.8, 4) is 17.2 Å². The van der Waals surface area contributed by atoms with Gasteiger partial charge in [-0.25, -0.2) is 0 Å². The molecule has 0 aliphatic carbocycles. The number of fused-ring (bicyclic) bond motifs is 1. The summed E-state index contributed by atoms with van der Waals surface area (Å²) in [6, 6.07) is 6.85. The van der Waals surface area contributed by atoms with Gasteiger partial charge in [0.25, 0.3) is 0 Å². The molecule has 0 atom stereocenters. The minimum atomic E-state index is 0.140. The highest BCUT2D eigenvalue weighted by Crippen LogP contribution is 2.38. The first-order valence-electron chi connectivity index (χ1n) is 6.35. The van der Waals surface area contributed by atoms with Crippen molar-refractivity contribution in [3.05, 3.63) is 45.4 Å². The van der Waals surface area contributed by atoms with Crippen LogP contribution in [0.1, 0.15) is 11.1 Å². The Morgan fingerprint density at radius 2 is 1.81 bits per heavy atom. The van der Waals surface area contributed by atoms with Crippen LogP contribution >= 0.6 is 23.2 Å². The van der Waals surface area contributed by atoms with Crippen LogP contribution in [-0.4, -0.2) is 11.9 Å². The molecule has 0 bridgehead atoms. The van der Waals surface area contributed by atoms with Crippen LogP contribution in [0.4, 0.5) is 5.69 Å². The van der Waals surface area contributed by atoms with Crippen molar-refractivity contribution in [3.63, 3.8) is 0 Å². The Kier molecular flexibility index (Phi) is 3.74. The lowest BCUT2D eigenvalue weighted by Gasteiger charge is -2.12. The average Bonchev–Trinajstić information content (AvgIpc) is 2.88. The van der Waals surface area contributed by atoms with E-state index < -0.39 is 0 Å². The Hall–Kier alpha value is -1.78. The second kappa shape index (κ2) is 5.54. The lowest BCUT2D eigenvalue weighted by atomic mass is 10.1. The van der Waals surface area contributed by atoms with E-state index in [4.69, 9.17) is 32.7 Å². The largest absolute Gasteiger partial charge is 0.507 e. The number of rotatable bonds is 3. The maximum absolute atomic E-state index is 9.99. The average molecular weight is 326 g/mol. The first-order valence-corrected chi connectivity index (χ1v) is 7.11. The molecule has 0 aromatic heterocycles. The molecule has 0 spiro atoms. The molecule has 2 N–H and O–H groups in total. The summed E-state index contributed by atoms with van der Waals surface area (Å²) >= 11 is 12.3. The maximum atomic E-state index is 9.99. The molecular formula is C15H13Cl2NO3.